The van der Waals surface area contributed by atoms with Gasteiger partial charge in [-0.05, 0) is 24.1 Å². The Balaban J connectivity index is 1.75. The highest BCUT2D eigenvalue weighted by Gasteiger charge is 2.20. The number of hydrogen-bond donors (Lipinski definition) is 1. The summed E-state index contributed by atoms with van der Waals surface area (Å²) in [5.41, 5.74) is 2.18. The maximum atomic E-state index is 14.1. The number of anilines is 1. The zero-order valence-electron chi connectivity index (χ0n) is 16.5. The van der Waals surface area contributed by atoms with Gasteiger partial charge in [0.15, 0.2) is 11.6 Å². The van der Waals surface area contributed by atoms with Gasteiger partial charge in [-0.15, -0.1) is 0 Å². The molecule has 1 aliphatic rings. The first-order valence-electron chi connectivity index (χ1n) is 9.67. The van der Waals surface area contributed by atoms with E-state index in [9.17, 15) is 4.39 Å². The molecular weight excluding hydrogens is 371 g/mol. The van der Waals surface area contributed by atoms with Crippen LogP contribution in [-0.4, -0.2) is 46.1 Å². The number of piperazine rings is 1. The molecule has 0 saturated carbocycles. The Hall–Kier alpha value is -3.13. The molecule has 0 amide bonds. The lowest BCUT2D eigenvalue weighted by Gasteiger charge is -2.29. The fourth-order valence-electron chi connectivity index (χ4n) is 3.42. The summed E-state index contributed by atoms with van der Waals surface area (Å²) < 4.78 is 20.4. The van der Waals surface area contributed by atoms with Gasteiger partial charge in [-0.2, -0.15) is 0 Å². The van der Waals surface area contributed by atoms with Crippen molar-refractivity contribution in [3.8, 4) is 22.6 Å². The zero-order chi connectivity index (χ0) is 20.2. The number of nitrogens with zero attached hydrogens (tertiary/aromatic N) is 5. The number of benzene rings is 1. The monoisotopic (exact) mass is 394 g/mol. The number of rotatable bonds is 5. The lowest BCUT2D eigenvalue weighted by Crippen LogP contribution is -2.44. The molecule has 4 rings (SSSR count). The smallest absolute Gasteiger partial charge is 0.188 e. The molecule has 0 aliphatic carbocycles. The number of aromatic nitrogens is 4. The van der Waals surface area contributed by atoms with Crippen LogP contribution >= 0.6 is 0 Å². The number of hydrogen-bond acceptors (Lipinski definition) is 7. The van der Waals surface area contributed by atoms with E-state index in [1.54, 1.807) is 18.5 Å². The van der Waals surface area contributed by atoms with Crippen LogP contribution in [0.25, 0.3) is 11.1 Å². The van der Waals surface area contributed by atoms with Crippen LogP contribution < -0.4 is 15.0 Å². The first-order chi connectivity index (χ1) is 14.1. The standard InChI is InChI=1S/C21H23FN6O/c1-14(2)20-17(10-24-12-26-20)16-9-15(22)3-4-18(16)29-19-11-25-13-27-21(19)28-7-5-23-6-8-28/h3-4,9-14,23H,5-8H2,1-2H3. The van der Waals surface area contributed by atoms with Gasteiger partial charge in [0.2, 0.25) is 0 Å². The first kappa shape index (κ1) is 19.2. The third-order valence-electron chi connectivity index (χ3n) is 4.82. The lowest BCUT2D eigenvalue weighted by atomic mass is 9.98. The second kappa shape index (κ2) is 8.48. The Morgan fingerprint density at radius 1 is 1.00 bits per heavy atom. The van der Waals surface area contributed by atoms with E-state index in [0.717, 1.165) is 43.3 Å². The summed E-state index contributed by atoms with van der Waals surface area (Å²) in [5, 5.41) is 3.33. The van der Waals surface area contributed by atoms with Gasteiger partial charge >= 0.3 is 0 Å². The van der Waals surface area contributed by atoms with Crippen LogP contribution in [0.3, 0.4) is 0 Å². The normalized spacial score (nSPS) is 14.3. The van der Waals surface area contributed by atoms with Crippen molar-refractivity contribution in [1.82, 2.24) is 25.3 Å². The predicted octanol–water partition coefficient (Wildman–Crippen LogP) is 3.40. The highest BCUT2D eigenvalue weighted by Crippen LogP contribution is 2.38. The molecule has 1 N–H and O–H groups in total. The molecule has 1 fully saturated rings. The van der Waals surface area contributed by atoms with Crippen molar-refractivity contribution in [2.45, 2.75) is 19.8 Å². The Kier molecular flexibility index (Phi) is 5.62. The molecule has 1 aliphatic heterocycles. The molecule has 7 nitrogen and oxygen atoms in total. The molecule has 0 bridgehead atoms. The summed E-state index contributed by atoms with van der Waals surface area (Å²) in [7, 11) is 0. The van der Waals surface area contributed by atoms with Crippen molar-refractivity contribution in [1.29, 1.82) is 0 Å². The average Bonchev–Trinajstić information content (AvgIpc) is 2.76. The number of halogens is 1. The predicted molar refractivity (Wildman–Crippen MR) is 109 cm³/mol. The maximum Gasteiger partial charge on any atom is 0.188 e. The van der Waals surface area contributed by atoms with Crippen LogP contribution in [0.1, 0.15) is 25.5 Å². The minimum Gasteiger partial charge on any atom is -0.451 e. The second-order valence-corrected chi connectivity index (χ2v) is 7.17. The molecule has 29 heavy (non-hydrogen) atoms. The molecule has 3 heterocycles. The third kappa shape index (κ3) is 4.17. The van der Waals surface area contributed by atoms with Crippen molar-refractivity contribution in [2.24, 2.45) is 0 Å². The summed E-state index contributed by atoms with van der Waals surface area (Å²) in [4.78, 5) is 19.2. The number of nitrogens with one attached hydrogen (secondary N) is 1. The van der Waals surface area contributed by atoms with Gasteiger partial charge in [0.05, 0.1) is 11.9 Å². The third-order valence-corrected chi connectivity index (χ3v) is 4.82. The second-order valence-electron chi connectivity index (χ2n) is 7.17. The average molecular weight is 394 g/mol. The van der Waals surface area contributed by atoms with Crippen LogP contribution in [0.15, 0.2) is 43.2 Å². The molecule has 0 unspecified atom stereocenters. The molecule has 150 valence electrons. The topological polar surface area (TPSA) is 76.1 Å². The van der Waals surface area contributed by atoms with Crippen LogP contribution in [0.4, 0.5) is 10.2 Å². The summed E-state index contributed by atoms with van der Waals surface area (Å²) >= 11 is 0. The first-order valence-corrected chi connectivity index (χ1v) is 9.67. The van der Waals surface area contributed by atoms with Gasteiger partial charge in [0, 0.05) is 43.5 Å². The minimum atomic E-state index is -0.349. The van der Waals surface area contributed by atoms with Gasteiger partial charge in [-0.3, -0.25) is 0 Å². The summed E-state index contributed by atoms with van der Waals surface area (Å²) in [6.45, 7) is 7.49. The highest BCUT2D eigenvalue weighted by molar-refractivity contribution is 5.73. The van der Waals surface area contributed by atoms with Gasteiger partial charge in [0.1, 0.15) is 24.2 Å². The van der Waals surface area contributed by atoms with E-state index < -0.39 is 0 Å². The molecular formula is C21H23FN6O. The molecule has 1 aromatic carbocycles. The minimum absolute atomic E-state index is 0.153. The van der Waals surface area contributed by atoms with Crippen LogP contribution in [0.2, 0.25) is 0 Å². The van der Waals surface area contributed by atoms with E-state index in [0.29, 0.717) is 17.1 Å². The molecule has 1 saturated heterocycles. The quantitative estimate of drug-likeness (QED) is 0.711. The van der Waals surface area contributed by atoms with Crippen molar-refractivity contribution in [3.63, 3.8) is 0 Å². The van der Waals surface area contributed by atoms with Crippen LogP contribution in [-0.2, 0) is 0 Å². The van der Waals surface area contributed by atoms with E-state index in [1.807, 2.05) is 13.8 Å². The SMILES string of the molecule is CC(C)c1ncncc1-c1cc(F)ccc1Oc1cncnc1N1CCNCC1. The van der Waals surface area contributed by atoms with E-state index in [1.165, 1.54) is 24.8 Å². The van der Waals surface area contributed by atoms with E-state index >= 15 is 0 Å². The van der Waals surface area contributed by atoms with Crippen molar-refractivity contribution in [3.05, 3.63) is 54.8 Å². The van der Waals surface area contributed by atoms with Gasteiger partial charge in [0.25, 0.3) is 0 Å². The molecule has 8 heteroatoms. The molecule has 3 aromatic rings. The Bertz CT molecular complexity index is 990. The zero-order valence-corrected chi connectivity index (χ0v) is 16.5. The summed E-state index contributed by atoms with van der Waals surface area (Å²) in [5.74, 6) is 1.57. The largest absolute Gasteiger partial charge is 0.451 e. The fraction of sp³-hybridized carbons (Fsp3) is 0.333. The van der Waals surface area contributed by atoms with E-state index in [2.05, 4.69) is 30.2 Å². The summed E-state index contributed by atoms with van der Waals surface area (Å²) in [6, 6.07) is 4.45. The van der Waals surface area contributed by atoms with Gasteiger partial charge in [-0.25, -0.2) is 24.3 Å². The van der Waals surface area contributed by atoms with Crippen LogP contribution in [0.5, 0.6) is 11.5 Å². The summed E-state index contributed by atoms with van der Waals surface area (Å²) in [6.07, 6.45) is 6.36. The lowest BCUT2D eigenvalue weighted by molar-refractivity contribution is 0.472. The van der Waals surface area contributed by atoms with Crippen LogP contribution in [0, 0.1) is 5.82 Å². The number of ether oxygens (including phenoxy) is 1. The van der Waals surface area contributed by atoms with Gasteiger partial charge < -0.3 is 15.0 Å². The molecule has 0 atom stereocenters. The Morgan fingerprint density at radius 2 is 1.76 bits per heavy atom. The molecule has 0 spiro atoms. The van der Waals surface area contributed by atoms with Crippen molar-refractivity contribution < 1.29 is 9.13 Å². The highest BCUT2D eigenvalue weighted by atomic mass is 19.1. The van der Waals surface area contributed by atoms with Gasteiger partial charge in [-0.1, -0.05) is 13.8 Å². The van der Waals surface area contributed by atoms with E-state index in [4.69, 9.17) is 4.74 Å². The maximum absolute atomic E-state index is 14.1. The fourth-order valence-corrected chi connectivity index (χ4v) is 3.42. The Labute approximate surface area is 169 Å². The van der Waals surface area contributed by atoms with Crippen molar-refractivity contribution in [2.75, 3.05) is 31.1 Å². The molecule has 2 aromatic heterocycles. The van der Waals surface area contributed by atoms with E-state index in [-0.39, 0.29) is 11.7 Å². The van der Waals surface area contributed by atoms with Crippen molar-refractivity contribution >= 4 is 5.82 Å². The Morgan fingerprint density at radius 3 is 2.55 bits per heavy atom. The molecule has 0 radical (unpaired) electrons.